The molecule has 21 heavy (non-hydrogen) atoms. The minimum absolute atomic E-state index is 0.126. The van der Waals surface area contributed by atoms with Gasteiger partial charge >= 0.3 is 0 Å². The Kier molecular flexibility index (Phi) is 3.16. The van der Waals surface area contributed by atoms with Crippen molar-refractivity contribution in [3.05, 3.63) is 56.6 Å². The second-order valence-corrected chi connectivity index (χ2v) is 5.09. The molecule has 0 spiro atoms. The molecule has 1 aliphatic rings. The average molecular weight is 298 g/mol. The largest absolute Gasteiger partial charge is 0.318 e. The molecule has 1 aliphatic heterocycles. The first kappa shape index (κ1) is 13.3. The van der Waals surface area contributed by atoms with Crippen molar-refractivity contribution in [2.24, 2.45) is 5.92 Å². The predicted molar refractivity (Wildman–Crippen MR) is 78.3 cm³/mol. The Balaban J connectivity index is 2.31. The molecule has 6 nitrogen and oxygen atoms in total. The fourth-order valence-corrected chi connectivity index (χ4v) is 2.76. The molecule has 1 aromatic carbocycles. The maximum absolute atomic E-state index is 12.2. The van der Waals surface area contributed by atoms with E-state index in [2.05, 4.69) is 15.3 Å². The molecule has 1 aromatic heterocycles. The summed E-state index contributed by atoms with van der Waals surface area (Å²) in [5, 5.41) is 11.8. The van der Waals surface area contributed by atoms with Gasteiger partial charge in [0.25, 0.3) is 5.56 Å². The number of H-pyrrole nitrogens is 2. The molecule has 0 fully saturated rings. The Morgan fingerprint density at radius 2 is 1.86 bits per heavy atom. The van der Waals surface area contributed by atoms with E-state index in [9.17, 15) is 14.9 Å². The number of nitrogens with one attached hydrogen (secondary N) is 3. The third-order valence-corrected chi connectivity index (χ3v) is 3.66. The van der Waals surface area contributed by atoms with E-state index in [0.29, 0.717) is 5.56 Å². The molecule has 0 saturated carbocycles. The van der Waals surface area contributed by atoms with Crippen molar-refractivity contribution in [3.63, 3.8) is 0 Å². The Morgan fingerprint density at radius 3 is 2.52 bits per heavy atom. The van der Waals surface area contributed by atoms with Gasteiger partial charge in [0.2, 0.25) is 5.91 Å². The number of aromatic amines is 2. The van der Waals surface area contributed by atoms with Crippen LogP contribution in [0.5, 0.6) is 0 Å². The van der Waals surface area contributed by atoms with Crippen LogP contribution in [-0.2, 0) is 4.79 Å². The van der Waals surface area contributed by atoms with E-state index < -0.39 is 23.3 Å². The van der Waals surface area contributed by atoms with E-state index in [1.165, 1.54) is 0 Å². The molecule has 2 heterocycles. The third kappa shape index (κ3) is 2.15. The molecule has 0 saturated heterocycles. The number of aromatic nitrogens is 2. The van der Waals surface area contributed by atoms with E-state index in [1.54, 1.807) is 24.3 Å². The maximum atomic E-state index is 12.2. The van der Waals surface area contributed by atoms with Crippen LogP contribution in [0.2, 0.25) is 0 Å². The highest BCUT2D eigenvalue weighted by molar-refractivity contribution is 7.71. The lowest BCUT2D eigenvalue weighted by Crippen LogP contribution is -2.38. The number of hydrogen-bond donors (Lipinski definition) is 3. The lowest BCUT2D eigenvalue weighted by Gasteiger charge is -2.28. The van der Waals surface area contributed by atoms with Crippen LogP contribution in [0, 0.1) is 22.0 Å². The summed E-state index contributed by atoms with van der Waals surface area (Å²) >= 11 is 4.91. The number of carbonyl (C=O) groups excluding carboxylic acids is 1. The van der Waals surface area contributed by atoms with Gasteiger partial charge in [0.1, 0.15) is 11.7 Å². The lowest BCUT2D eigenvalue weighted by molar-refractivity contribution is -0.119. The van der Waals surface area contributed by atoms with Crippen molar-refractivity contribution >= 4 is 23.9 Å². The van der Waals surface area contributed by atoms with Crippen molar-refractivity contribution < 1.29 is 4.79 Å². The van der Waals surface area contributed by atoms with Crippen LogP contribution in [0.3, 0.4) is 0 Å². The van der Waals surface area contributed by atoms with Crippen molar-refractivity contribution in [2.75, 3.05) is 5.32 Å². The van der Waals surface area contributed by atoms with Crippen molar-refractivity contribution in [2.45, 2.75) is 5.92 Å². The molecule has 1 amide bonds. The molecular formula is C14H10N4O2S. The van der Waals surface area contributed by atoms with Crippen LogP contribution in [0.4, 0.5) is 5.82 Å². The van der Waals surface area contributed by atoms with Crippen LogP contribution in [0.15, 0.2) is 35.1 Å². The number of rotatable bonds is 1. The zero-order valence-electron chi connectivity index (χ0n) is 10.7. The fourth-order valence-electron chi connectivity index (χ4n) is 2.56. The molecule has 7 heteroatoms. The molecule has 0 aliphatic carbocycles. The van der Waals surface area contributed by atoms with E-state index in [0.717, 1.165) is 5.56 Å². The SMILES string of the molecule is N#C[C@H]1C(=O)Nc2[nH]c(=S)[nH]c(=O)c2[C@@H]1c1ccccc1. The van der Waals surface area contributed by atoms with Gasteiger partial charge < -0.3 is 10.3 Å². The molecule has 104 valence electrons. The summed E-state index contributed by atoms with van der Waals surface area (Å²) in [7, 11) is 0. The van der Waals surface area contributed by atoms with Crippen LogP contribution < -0.4 is 10.9 Å². The number of nitriles is 1. The van der Waals surface area contributed by atoms with E-state index in [-0.39, 0.29) is 10.6 Å². The minimum Gasteiger partial charge on any atom is -0.318 e. The first-order valence-electron chi connectivity index (χ1n) is 6.23. The Labute approximate surface area is 124 Å². The summed E-state index contributed by atoms with van der Waals surface area (Å²) in [4.78, 5) is 29.6. The van der Waals surface area contributed by atoms with Gasteiger partial charge in [-0.3, -0.25) is 14.6 Å². The monoisotopic (exact) mass is 298 g/mol. The molecule has 3 N–H and O–H groups in total. The number of anilines is 1. The van der Waals surface area contributed by atoms with Gasteiger partial charge in [-0.15, -0.1) is 0 Å². The zero-order valence-corrected chi connectivity index (χ0v) is 11.5. The van der Waals surface area contributed by atoms with Crippen LogP contribution in [0.25, 0.3) is 0 Å². The minimum atomic E-state index is -0.967. The first-order chi connectivity index (χ1) is 10.1. The number of nitrogens with zero attached hydrogens (tertiary/aromatic N) is 1. The van der Waals surface area contributed by atoms with Gasteiger partial charge in [0.15, 0.2) is 4.77 Å². The van der Waals surface area contributed by atoms with Gasteiger partial charge in [-0.05, 0) is 17.8 Å². The molecule has 2 atom stereocenters. The molecule has 0 bridgehead atoms. The summed E-state index contributed by atoms with van der Waals surface area (Å²) in [6, 6.07) is 11.0. The maximum Gasteiger partial charge on any atom is 0.257 e. The summed E-state index contributed by atoms with van der Waals surface area (Å²) in [5.74, 6) is -1.79. The second-order valence-electron chi connectivity index (χ2n) is 4.68. The molecular weight excluding hydrogens is 288 g/mol. The molecule has 0 radical (unpaired) electrons. The van der Waals surface area contributed by atoms with Gasteiger partial charge in [-0.25, -0.2) is 0 Å². The normalized spacial score (nSPS) is 20.2. The summed E-state index contributed by atoms with van der Waals surface area (Å²) in [6.45, 7) is 0. The highest BCUT2D eigenvalue weighted by Crippen LogP contribution is 2.37. The highest BCUT2D eigenvalue weighted by Gasteiger charge is 2.39. The molecule has 2 aromatic rings. The quantitative estimate of drug-likeness (QED) is 0.697. The van der Waals surface area contributed by atoms with E-state index in [1.807, 2.05) is 12.1 Å². The standard InChI is InChI=1S/C14H10N4O2S/c15-6-8-9(7-4-2-1-3-5-7)10-11(16-12(8)19)17-14(21)18-13(10)20/h1-5,8-9H,(H3,16,17,18,19,20,21)/t8-,9-/m1/s1. The predicted octanol–water partition coefficient (Wildman–Crippen LogP) is 1.66. The van der Waals surface area contributed by atoms with Crippen LogP contribution in [0.1, 0.15) is 17.0 Å². The molecule has 0 unspecified atom stereocenters. The van der Waals surface area contributed by atoms with Crippen molar-refractivity contribution in [1.29, 1.82) is 5.26 Å². The number of amides is 1. The second kappa shape index (κ2) is 5.00. The third-order valence-electron chi connectivity index (χ3n) is 3.45. The lowest BCUT2D eigenvalue weighted by atomic mass is 9.79. The van der Waals surface area contributed by atoms with Crippen molar-refractivity contribution in [1.82, 2.24) is 9.97 Å². The smallest absolute Gasteiger partial charge is 0.257 e. The van der Waals surface area contributed by atoms with Gasteiger partial charge in [0, 0.05) is 5.92 Å². The van der Waals surface area contributed by atoms with Gasteiger partial charge in [-0.1, -0.05) is 30.3 Å². The van der Waals surface area contributed by atoms with Crippen molar-refractivity contribution in [3.8, 4) is 6.07 Å². The zero-order chi connectivity index (χ0) is 15.0. The number of fused-ring (bicyclic) bond motifs is 1. The molecule has 3 rings (SSSR count). The van der Waals surface area contributed by atoms with Crippen LogP contribution in [-0.4, -0.2) is 15.9 Å². The van der Waals surface area contributed by atoms with E-state index >= 15 is 0 Å². The number of benzene rings is 1. The highest BCUT2D eigenvalue weighted by atomic mass is 32.1. The van der Waals surface area contributed by atoms with E-state index in [4.69, 9.17) is 12.2 Å². The first-order valence-corrected chi connectivity index (χ1v) is 6.64. The van der Waals surface area contributed by atoms with Crippen LogP contribution >= 0.6 is 12.2 Å². The fraction of sp³-hybridized carbons (Fsp3) is 0.143. The summed E-state index contributed by atoms with van der Waals surface area (Å²) in [6.07, 6.45) is 0. The van der Waals surface area contributed by atoms with Gasteiger partial charge in [0.05, 0.1) is 11.6 Å². The number of hydrogen-bond acceptors (Lipinski definition) is 4. The summed E-state index contributed by atoms with van der Waals surface area (Å²) in [5.41, 5.74) is 0.653. The number of carbonyl (C=O) groups is 1. The Morgan fingerprint density at radius 1 is 1.14 bits per heavy atom. The average Bonchev–Trinajstić information content (AvgIpc) is 2.46. The Hall–Kier alpha value is -2.72. The van der Waals surface area contributed by atoms with Gasteiger partial charge in [-0.2, -0.15) is 5.26 Å². The summed E-state index contributed by atoms with van der Waals surface area (Å²) < 4.78 is 0.126. The topological polar surface area (TPSA) is 102 Å². The Bertz CT molecular complexity index is 863.